The Morgan fingerprint density at radius 2 is 1.65 bits per heavy atom. The third-order valence-corrected chi connectivity index (χ3v) is 14.0. The molecule has 5 rings (SSSR count). The van der Waals surface area contributed by atoms with E-state index in [4.69, 9.17) is 0 Å². The van der Waals surface area contributed by atoms with E-state index in [1.807, 2.05) is 30.3 Å². The Bertz CT molecular complexity index is 994. The number of rotatable bonds is 7. The molecule has 4 fully saturated rings. The van der Waals surface area contributed by atoms with E-state index < -0.39 is 10.8 Å². The van der Waals surface area contributed by atoms with Gasteiger partial charge >= 0.3 is 0 Å². The normalized spacial score (nSPS) is 40.5. The lowest BCUT2D eigenvalue weighted by Crippen LogP contribution is -2.53. The second-order valence-corrected chi connectivity index (χ2v) is 16.3. The SMILES string of the molecule is C/C(=C1\CC[C@@]2(C)[C@@H](CC[C@@H]3[C@@H]2CC[C@]2(C)[C@@H]([C@H](C)CCCC(C)C)CC[C@@H]32)C1)S(=O)c1ccccc1. The van der Waals surface area contributed by atoms with Crippen molar-refractivity contribution >= 4 is 10.8 Å². The van der Waals surface area contributed by atoms with Gasteiger partial charge < -0.3 is 0 Å². The zero-order valence-electron chi connectivity index (χ0n) is 24.7. The highest BCUT2D eigenvalue weighted by Crippen LogP contribution is 2.68. The van der Waals surface area contributed by atoms with E-state index in [1.54, 1.807) is 0 Å². The summed E-state index contributed by atoms with van der Waals surface area (Å²) in [6, 6.07) is 10.1. The smallest absolute Gasteiger partial charge is 0.0804 e. The van der Waals surface area contributed by atoms with Crippen LogP contribution < -0.4 is 0 Å². The van der Waals surface area contributed by atoms with Gasteiger partial charge in [0.1, 0.15) is 0 Å². The van der Waals surface area contributed by atoms with Crippen LogP contribution >= 0.6 is 0 Å². The topological polar surface area (TPSA) is 17.1 Å². The molecule has 206 valence electrons. The van der Waals surface area contributed by atoms with Crippen LogP contribution in [0.4, 0.5) is 0 Å². The quantitative estimate of drug-likeness (QED) is 0.348. The van der Waals surface area contributed by atoms with Crippen LogP contribution in [0.2, 0.25) is 0 Å². The van der Waals surface area contributed by atoms with E-state index in [2.05, 4.69) is 41.5 Å². The zero-order chi connectivity index (χ0) is 26.4. The van der Waals surface area contributed by atoms with Gasteiger partial charge in [0.2, 0.25) is 0 Å². The molecule has 4 saturated carbocycles. The first-order valence-electron chi connectivity index (χ1n) is 15.8. The van der Waals surface area contributed by atoms with Crippen LogP contribution in [0.25, 0.3) is 0 Å². The molecule has 0 heterocycles. The van der Waals surface area contributed by atoms with Gasteiger partial charge in [-0.1, -0.05) is 77.7 Å². The lowest BCUT2D eigenvalue weighted by atomic mass is 9.44. The van der Waals surface area contributed by atoms with Crippen LogP contribution in [0.15, 0.2) is 45.7 Å². The molecular weight excluding hydrogens is 468 g/mol. The molecule has 1 nitrogen and oxygen atoms in total. The van der Waals surface area contributed by atoms with Gasteiger partial charge in [-0.25, -0.2) is 4.21 Å². The highest BCUT2D eigenvalue weighted by Gasteiger charge is 2.60. The van der Waals surface area contributed by atoms with E-state index in [0.29, 0.717) is 10.8 Å². The Labute approximate surface area is 231 Å². The molecule has 4 aliphatic carbocycles. The highest BCUT2D eigenvalue weighted by molar-refractivity contribution is 7.89. The molecule has 0 spiro atoms. The van der Waals surface area contributed by atoms with Gasteiger partial charge in [0.15, 0.2) is 0 Å². The molecule has 1 aromatic rings. The summed E-state index contributed by atoms with van der Waals surface area (Å²) in [5.74, 6) is 6.32. The summed E-state index contributed by atoms with van der Waals surface area (Å²) in [4.78, 5) is 2.11. The third kappa shape index (κ3) is 5.07. The van der Waals surface area contributed by atoms with Crippen molar-refractivity contribution in [2.45, 2.75) is 123 Å². The van der Waals surface area contributed by atoms with Crippen molar-refractivity contribution < 1.29 is 4.21 Å². The van der Waals surface area contributed by atoms with Gasteiger partial charge in [-0.3, -0.25) is 0 Å². The summed E-state index contributed by atoms with van der Waals surface area (Å²) in [5, 5.41) is 0. The Morgan fingerprint density at radius 3 is 2.38 bits per heavy atom. The molecule has 1 unspecified atom stereocenters. The first-order valence-corrected chi connectivity index (χ1v) is 17.0. The standard InChI is InChI=1S/C35H54OS/c1-24(2)11-10-12-25(3)31-17-18-32-30-16-15-28-23-27(26(4)37(36)29-13-8-7-9-14-29)19-21-34(28,5)33(30)20-22-35(31,32)6/h7-9,13-14,24-25,28,30-33H,10-12,15-23H2,1-6H3/b27-26-/t25-,28+,30+,31-,32+,33+,34+,35-,37?/m1/s1. The van der Waals surface area contributed by atoms with Crippen LogP contribution in [0.3, 0.4) is 0 Å². The summed E-state index contributed by atoms with van der Waals surface area (Å²) in [7, 11) is -1.00. The average Bonchev–Trinajstić information content (AvgIpc) is 3.25. The fraction of sp³-hybridized carbons (Fsp3) is 0.771. The maximum absolute atomic E-state index is 13.3. The van der Waals surface area contributed by atoms with E-state index in [9.17, 15) is 4.21 Å². The van der Waals surface area contributed by atoms with E-state index >= 15 is 0 Å². The summed E-state index contributed by atoms with van der Waals surface area (Å²) in [6.45, 7) is 14.9. The third-order valence-electron chi connectivity index (χ3n) is 12.5. The van der Waals surface area contributed by atoms with Gasteiger partial charge in [-0.05, 0) is 129 Å². The van der Waals surface area contributed by atoms with Gasteiger partial charge in [-0.2, -0.15) is 0 Å². The van der Waals surface area contributed by atoms with Gasteiger partial charge in [0.05, 0.1) is 10.8 Å². The van der Waals surface area contributed by atoms with Crippen LogP contribution in [0, 0.1) is 52.3 Å². The largest absolute Gasteiger partial charge is 0.249 e. The molecule has 0 amide bonds. The lowest BCUT2D eigenvalue weighted by molar-refractivity contribution is -0.109. The second-order valence-electron chi connectivity index (χ2n) is 14.6. The molecule has 0 aliphatic heterocycles. The number of hydrogen-bond acceptors (Lipinski definition) is 1. The van der Waals surface area contributed by atoms with Gasteiger partial charge in [-0.15, -0.1) is 0 Å². The summed E-state index contributed by atoms with van der Waals surface area (Å²) >= 11 is 0. The number of benzene rings is 1. The number of fused-ring (bicyclic) bond motifs is 5. The van der Waals surface area contributed by atoms with E-state index in [-0.39, 0.29) is 0 Å². The van der Waals surface area contributed by atoms with Crippen LogP contribution in [0.5, 0.6) is 0 Å². The first-order chi connectivity index (χ1) is 17.6. The molecule has 0 saturated heterocycles. The van der Waals surface area contributed by atoms with Crippen molar-refractivity contribution in [2.75, 3.05) is 0 Å². The fourth-order valence-corrected chi connectivity index (χ4v) is 11.5. The van der Waals surface area contributed by atoms with Gasteiger partial charge in [0.25, 0.3) is 0 Å². The minimum absolute atomic E-state index is 0.489. The Balaban J connectivity index is 1.28. The minimum atomic E-state index is -1.00. The summed E-state index contributed by atoms with van der Waals surface area (Å²) in [6.07, 6.45) is 16.7. The van der Waals surface area contributed by atoms with Crippen molar-refractivity contribution in [3.8, 4) is 0 Å². The fourth-order valence-electron chi connectivity index (χ4n) is 10.3. The predicted octanol–water partition coefficient (Wildman–Crippen LogP) is 10.2. The van der Waals surface area contributed by atoms with Crippen molar-refractivity contribution in [3.63, 3.8) is 0 Å². The lowest BCUT2D eigenvalue weighted by Gasteiger charge is -2.61. The van der Waals surface area contributed by atoms with E-state index in [1.165, 1.54) is 76.2 Å². The van der Waals surface area contributed by atoms with E-state index in [0.717, 1.165) is 57.6 Å². The van der Waals surface area contributed by atoms with Crippen molar-refractivity contribution in [3.05, 3.63) is 40.8 Å². The summed E-state index contributed by atoms with van der Waals surface area (Å²) in [5.41, 5.74) is 2.59. The first kappa shape index (κ1) is 27.7. The summed E-state index contributed by atoms with van der Waals surface area (Å²) < 4.78 is 13.3. The number of allylic oxidation sites excluding steroid dienone is 2. The van der Waals surface area contributed by atoms with Gasteiger partial charge in [0, 0.05) is 9.80 Å². The molecular formula is C35H54OS. The molecule has 9 atom stereocenters. The predicted molar refractivity (Wildman–Crippen MR) is 159 cm³/mol. The Kier molecular flexibility index (Phi) is 8.18. The second kappa shape index (κ2) is 10.9. The molecule has 37 heavy (non-hydrogen) atoms. The minimum Gasteiger partial charge on any atom is -0.249 e. The van der Waals surface area contributed by atoms with Crippen molar-refractivity contribution in [2.24, 2.45) is 52.3 Å². The molecule has 0 N–H and O–H groups in total. The van der Waals surface area contributed by atoms with Crippen LogP contribution in [-0.2, 0) is 10.8 Å². The maximum atomic E-state index is 13.3. The maximum Gasteiger partial charge on any atom is 0.0804 e. The monoisotopic (exact) mass is 522 g/mol. The molecule has 4 aliphatic rings. The van der Waals surface area contributed by atoms with Crippen LogP contribution in [-0.4, -0.2) is 4.21 Å². The molecule has 0 radical (unpaired) electrons. The average molecular weight is 523 g/mol. The number of hydrogen-bond donors (Lipinski definition) is 0. The highest BCUT2D eigenvalue weighted by atomic mass is 32.2. The zero-order valence-corrected chi connectivity index (χ0v) is 25.5. The van der Waals surface area contributed by atoms with Crippen molar-refractivity contribution in [1.82, 2.24) is 0 Å². The molecule has 0 aromatic heterocycles. The van der Waals surface area contributed by atoms with Crippen molar-refractivity contribution in [1.29, 1.82) is 0 Å². The van der Waals surface area contributed by atoms with Crippen LogP contribution in [0.1, 0.15) is 119 Å². The Morgan fingerprint density at radius 1 is 0.919 bits per heavy atom. The molecule has 2 heteroatoms. The molecule has 0 bridgehead atoms. The molecule has 1 aromatic carbocycles. The Hall–Kier alpha value is -0.890.